The fourth-order valence-corrected chi connectivity index (χ4v) is 5.04. The first-order valence-electron chi connectivity index (χ1n) is 11.7. The first-order valence-corrected chi connectivity index (χ1v) is 11.7. The number of nitriles is 1. The van der Waals surface area contributed by atoms with Gasteiger partial charge in [-0.2, -0.15) is 5.26 Å². The summed E-state index contributed by atoms with van der Waals surface area (Å²) in [6, 6.07) is 20.2. The lowest BCUT2D eigenvalue weighted by Crippen LogP contribution is -2.46. The highest BCUT2D eigenvalue weighted by molar-refractivity contribution is 5.98. The van der Waals surface area contributed by atoms with E-state index in [-0.39, 0.29) is 11.9 Å². The van der Waals surface area contributed by atoms with Crippen molar-refractivity contribution in [3.8, 4) is 6.07 Å². The van der Waals surface area contributed by atoms with Crippen molar-refractivity contribution in [3.05, 3.63) is 71.6 Å². The normalized spacial score (nSPS) is 18.4. The quantitative estimate of drug-likeness (QED) is 0.423. The summed E-state index contributed by atoms with van der Waals surface area (Å²) in [5, 5.41) is 14.8. The molecule has 0 saturated heterocycles. The van der Waals surface area contributed by atoms with Crippen LogP contribution in [0.15, 0.2) is 59.0 Å². The maximum absolute atomic E-state index is 13.4. The number of aromatic nitrogens is 1. The monoisotopic (exact) mass is 440 g/mol. The van der Waals surface area contributed by atoms with Gasteiger partial charge in [0.05, 0.1) is 18.2 Å². The van der Waals surface area contributed by atoms with E-state index < -0.39 is 0 Å². The van der Waals surface area contributed by atoms with E-state index in [9.17, 15) is 4.79 Å². The molecule has 33 heavy (non-hydrogen) atoms. The first-order chi connectivity index (χ1) is 16.1. The van der Waals surface area contributed by atoms with E-state index in [1.807, 2.05) is 48.2 Å². The molecule has 6 nitrogen and oxygen atoms in total. The summed E-state index contributed by atoms with van der Waals surface area (Å²) >= 11 is 0. The molecule has 2 aromatic heterocycles. The fourth-order valence-electron chi connectivity index (χ4n) is 5.04. The molecule has 1 aliphatic carbocycles. The van der Waals surface area contributed by atoms with E-state index in [1.54, 1.807) is 6.07 Å². The van der Waals surface area contributed by atoms with Crippen LogP contribution in [0, 0.1) is 11.3 Å². The zero-order valence-electron chi connectivity index (χ0n) is 18.8. The molecule has 6 heteroatoms. The molecular formula is C27H28N4O2. The van der Waals surface area contributed by atoms with Gasteiger partial charge in [-0.15, -0.1) is 0 Å². The summed E-state index contributed by atoms with van der Waals surface area (Å²) < 4.78 is 5.94. The summed E-state index contributed by atoms with van der Waals surface area (Å²) in [7, 11) is 0. The van der Waals surface area contributed by atoms with Crippen LogP contribution in [0.3, 0.4) is 0 Å². The predicted octanol–water partition coefficient (Wildman–Crippen LogP) is 5.35. The number of amides is 1. The molecule has 5 rings (SSSR count). The fraction of sp³-hybridized carbons (Fsp3) is 0.333. The van der Waals surface area contributed by atoms with Gasteiger partial charge in [0.2, 0.25) is 0 Å². The highest BCUT2D eigenvalue weighted by Crippen LogP contribution is 2.26. The lowest BCUT2D eigenvalue weighted by atomic mass is 9.89. The van der Waals surface area contributed by atoms with Gasteiger partial charge < -0.3 is 19.6 Å². The molecule has 2 heterocycles. The third kappa shape index (κ3) is 4.37. The smallest absolute Gasteiger partial charge is 0.270 e. The van der Waals surface area contributed by atoms with E-state index in [1.165, 1.54) is 0 Å². The van der Waals surface area contributed by atoms with Crippen LogP contribution in [-0.2, 0) is 6.54 Å². The van der Waals surface area contributed by atoms with Crippen molar-refractivity contribution in [2.24, 2.45) is 0 Å². The average molecular weight is 441 g/mol. The number of carbonyl (C=O) groups is 1. The van der Waals surface area contributed by atoms with E-state index in [2.05, 4.69) is 28.5 Å². The Morgan fingerprint density at radius 3 is 2.88 bits per heavy atom. The van der Waals surface area contributed by atoms with Crippen LogP contribution in [0.5, 0.6) is 0 Å². The van der Waals surface area contributed by atoms with Crippen molar-refractivity contribution in [1.82, 2.24) is 15.2 Å². The highest BCUT2D eigenvalue weighted by Gasteiger charge is 2.30. The van der Waals surface area contributed by atoms with E-state index in [0.29, 0.717) is 30.4 Å². The molecule has 4 aromatic rings. The molecule has 0 spiro atoms. The Morgan fingerprint density at radius 2 is 2.06 bits per heavy atom. The first kappa shape index (κ1) is 21.3. The Balaban J connectivity index is 1.26. The second-order valence-corrected chi connectivity index (χ2v) is 8.84. The number of benzene rings is 2. The number of fused-ring (bicyclic) bond motifs is 2. The molecule has 1 amide bonds. The van der Waals surface area contributed by atoms with Crippen LogP contribution >= 0.6 is 0 Å². The molecule has 0 aliphatic heterocycles. The number of H-pyrrole nitrogens is 1. The minimum atomic E-state index is 0.0233. The SMILES string of the molecule is CCN(C(=O)c1cc2cc(C#N)ccc2[nH]1)C1CCCC(NCc2cc3ccccc3o2)C1. The summed E-state index contributed by atoms with van der Waals surface area (Å²) in [4.78, 5) is 18.6. The van der Waals surface area contributed by atoms with Crippen LogP contribution in [-0.4, -0.2) is 34.4 Å². The Bertz CT molecular complexity index is 1300. The lowest BCUT2D eigenvalue weighted by molar-refractivity contribution is 0.0622. The number of nitrogens with one attached hydrogen (secondary N) is 2. The standard InChI is InChI=1S/C27H28N4O2/c1-2-31(27(32)25-14-20-12-18(16-28)10-11-24(20)30-25)22-8-5-7-21(15-22)29-17-23-13-19-6-3-4-9-26(19)33-23/h3-4,6,9-14,21-22,29-30H,2,5,7-8,15,17H2,1H3. The van der Waals surface area contributed by atoms with Gasteiger partial charge >= 0.3 is 0 Å². The molecule has 168 valence electrons. The van der Waals surface area contributed by atoms with Gasteiger partial charge in [0.15, 0.2) is 0 Å². The number of hydrogen-bond donors (Lipinski definition) is 2. The van der Waals surface area contributed by atoms with Gasteiger partial charge in [-0.1, -0.05) is 18.2 Å². The Hall–Kier alpha value is -3.56. The average Bonchev–Trinajstić information content (AvgIpc) is 3.46. The van der Waals surface area contributed by atoms with Gasteiger partial charge in [-0.3, -0.25) is 4.79 Å². The number of hydrogen-bond acceptors (Lipinski definition) is 4. The molecule has 2 atom stereocenters. The molecule has 2 aromatic carbocycles. The van der Waals surface area contributed by atoms with Crippen molar-refractivity contribution >= 4 is 27.8 Å². The Kier molecular flexibility index (Phi) is 5.89. The molecule has 1 saturated carbocycles. The topological polar surface area (TPSA) is 85.1 Å². The third-order valence-corrected chi connectivity index (χ3v) is 6.71. The van der Waals surface area contributed by atoms with Gasteiger partial charge in [0, 0.05) is 34.9 Å². The zero-order chi connectivity index (χ0) is 22.8. The highest BCUT2D eigenvalue weighted by atomic mass is 16.3. The minimum absolute atomic E-state index is 0.0233. The molecule has 2 unspecified atom stereocenters. The van der Waals surface area contributed by atoms with Gasteiger partial charge in [0.1, 0.15) is 17.0 Å². The zero-order valence-corrected chi connectivity index (χ0v) is 18.8. The summed E-state index contributed by atoms with van der Waals surface area (Å²) in [6.45, 7) is 3.40. The van der Waals surface area contributed by atoms with Gasteiger partial charge in [0.25, 0.3) is 5.91 Å². The number of rotatable bonds is 6. The summed E-state index contributed by atoms with van der Waals surface area (Å²) in [6.07, 6.45) is 4.14. The van der Waals surface area contributed by atoms with Crippen LogP contribution in [0.2, 0.25) is 0 Å². The van der Waals surface area contributed by atoms with E-state index in [0.717, 1.165) is 53.3 Å². The molecule has 1 fully saturated rings. The minimum Gasteiger partial charge on any atom is -0.460 e. The number of nitrogens with zero attached hydrogens (tertiary/aromatic N) is 2. The number of carbonyl (C=O) groups excluding carboxylic acids is 1. The number of para-hydroxylation sites is 1. The third-order valence-electron chi connectivity index (χ3n) is 6.71. The van der Waals surface area contributed by atoms with Crippen LogP contribution in [0.25, 0.3) is 21.9 Å². The maximum atomic E-state index is 13.4. The second kappa shape index (κ2) is 9.13. The van der Waals surface area contributed by atoms with Gasteiger partial charge in [-0.05, 0) is 69.0 Å². The molecule has 0 bridgehead atoms. The molecule has 0 radical (unpaired) electrons. The summed E-state index contributed by atoms with van der Waals surface area (Å²) in [5.41, 5.74) is 2.97. The van der Waals surface area contributed by atoms with Crippen LogP contribution in [0.4, 0.5) is 0 Å². The van der Waals surface area contributed by atoms with Crippen molar-refractivity contribution < 1.29 is 9.21 Å². The van der Waals surface area contributed by atoms with Crippen molar-refractivity contribution in [1.29, 1.82) is 5.26 Å². The van der Waals surface area contributed by atoms with Crippen molar-refractivity contribution in [2.45, 2.75) is 51.2 Å². The summed E-state index contributed by atoms with van der Waals surface area (Å²) in [5.74, 6) is 0.965. The van der Waals surface area contributed by atoms with Crippen molar-refractivity contribution in [2.75, 3.05) is 6.54 Å². The maximum Gasteiger partial charge on any atom is 0.270 e. The number of aromatic amines is 1. The van der Waals surface area contributed by atoms with Crippen LogP contribution < -0.4 is 5.32 Å². The Labute approximate surface area is 193 Å². The van der Waals surface area contributed by atoms with E-state index >= 15 is 0 Å². The Morgan fingerprint density at radius 1 is 1.18 bits per heavy atom. The van der Waals surface area contributed by atoms with E-state index in [4.69, 9.17) is 9.68 Å². The van der Waals surface area contributed by atoms with Crippen molar-refractivity contribution in [3.63, 3.8) is 0 Å². The lowest BCUT2D eigenvalue weighted by Gasteiger charge is -2.37. The predicted molar refractivity (Wildman–Crippen MR) is 129 cm³/mol. The second-order valence-electron chi connectivity index (χ2n) is 8.84. The molecular weight excluding hydrogens is 412 g/mol. The van der Waals surface area contributed by atoms with Gasteiger partial charge in [-0.25, -0.2) is 0 Å². The van der Waals surface area contributed by atoms with Crippen LogP contribution in [0.1, 0.15) is 54.4 Å². The number of furan rings is 1. The molecule has 2 N–H and O–H groups in total. The molecule has 1 aliphatic rings. The largest absolute Gasteiger partial charge is 0.460 e.